The minimum Gasteiger partial charge on any atom is -0.507 e. The normalized spacial score (nSPS) is 17.9. The van der Waals surface area contributed by atoms with Crippen molar-refractivity contribution in [2.45, 2.75) is 51.4 Å². The zero-order valence-corrected chi connectivity index (χ0v) is 15.7. The molecule has 0 amide bonds. The molecule has 0 unspecified atom stereocenters. The number of halogens is 1. The van der Waals surface area contributed by atoms with Gasteiger partial charge in [0.2, 0.25) is 0 Å². The van der Waals surface area contributed by atoms with Gasteiger partial charge in [0.25, 0.3) is 0 Å². The Hall–Kier alpha value is -2.42. The van der Waals surface area contributed by atoms with Crippen LogP contribution < -0.4 is 0 Å². The lowest BCUT2D eigenvalue weighted by atomic mass is 9.62. The predicted octanol–water partition coefficient (Wildman–Crippen LogP) is 6.10. The van der Waals surface area contributed by atoms with Crippen molar-refractivity contribution in [1.29, 1.82) is 0 Å². The van der Waals surface area contributed by atoms with Gasteiger partial charge in [0.15, 0.2) is 0 Å². The van der Waals surface area contributed by atoms with Crippen LogP contribution in [-0.2, 0) is 10.8 Å². The number of phenolic OH excluding ortho intramolecular Hbond substituents is 1. The van der Waals surface area contributed by atoms with E-state index in [1.54, 1.807) is 18.5 Å². The number of phenols is 1. The molecule has 2 nitrogen and oxygen atoms in total. The van der Waals surface area contributed by atoms with Gasteiger partial charge in [0.1, 0.15) is 11.6 Å². The van der Waals surface area contributed by atoms with E-state index in [0.29, 0.717) is 11.1 Å². The molecule has 2 aromatic carbocycles. The molecule has 1 N–H and O–H groups in total. The van der Waals surface area contributed by atoms with E-state index in [0.717, 1.165) is 23.6 Å². The molecule has 0 bridgehead atoms. The Balaban J connectivity index is 1.98. The molecule has 1 aromatic heterocycles. The summed E-state index contributed by atoms with van der Waals surface area (Å²) in [5.41, 5.74) is 3.38. The zero-order chi connectivity index (χ0) is 18.7. The van der Waals surface area contributed by atoms with Crippen LogP contribution in [0.1, 0.15) is 51.7 Å². The van der Waals surface area contributed by atoms with E-state index in [2.05, 4.69) is 32.7 Å². The van der Waals surface area contributed by atoms with Crippen LogP contribution in [0.25, 0.3) is 21.9 Å². The van der Waals surface area contributed by atoms with Crippen molar-refractivity contribution in [1.82, 2.24) is 4.98 Å². The first-order chi connectivity index (χ1) is 12.2. The molecule has 4 rings (SSSR count). The van der Waals surface area contributed by atoms with E-state index in [1.807, 2.05) is 18.2 Å². The van der Waals surface area contributed by atoms with E-state index in [4.69, 9.17) is 0 Å². The maximum Gasteiger partial charge on any atom is 0.131 e. The first-order valence-electron chi connectivity index (χ1n) is 9.11. The summed E-state index contributed by atoms with van der Waals surface area (Å²) in [5, 5.41) is 12.4. The van der Waals surface area contributed by atoms with Gasteiger partial charge in [-0.15, -0.1) is 0 Å². The monoisotopic (exact) mass is 349 g/mol. The summed E-state index contributed by atoms with van der Waals surface area (Å²) in [6.07, 6.45) is 5.50. The Morgan fingerprint density at radius 2 is 1.54 bits per heavy atom. The first kappa shape index (κ1) is 17.0. The fourth-order valence-electron chi connectivity index (χ4n) is 4.13. The molecule has 134 valence electrons. The van der Waals surface area contributed by atoms with Gasteiger partial charge >= 0.3 is 0 Å². The maximum atomic E-state index is 14.8. The van der Waals surface area contributed by atoms with Crippen molar-refractivity contribution >= 4 is 10.8 Å². The van der Waals surface area contributed by atoms with E-state index in [1.165, 1.54) is 17.2 Å². The van der Waals surface area contributed by atoms with Gasteiger partial charge in [0, 0.05) is 28.9 Å². The topological polar surface area (TPSA) is 33.1 Å². The van der Waals surface area contributed by atoms with Gasteiger partial charge in [-0.1, -0.05) is 27.7 Å². The standard InChI is InChI=1S/C23H24FNO/c1-22(2)6-7-23(3,4)19-12-21(26)17(11-18(19)22)16-9-14-5-8-25-13-15(14)10-20(16)24/h5,8-13,26H,6-7H2,1-4H3. The second-order valence-corrected chi connectivity index (χ2v) is 8.74. The molecule has 3 aromatic rings. The van der Waals surface area contributed by atoms with Crippen LogP contribution in [0.5, 0.6) is 5.75 Å². The van der Waals surface area contributed by atoms with E-state index < -0.39 is 0 Å². The number of pyridine rings is 1. The van der Waals surface area contributed by atoms with Crippen molar-refractivity contribution < 1.29 is 9.50 Å². The van der Waals surface area contributed by atoms with Crippen LogP contribution in [0, 0.1) is 5.82 Å². The second kappa shape index (κ2) is 5.54. The van der Waals surface area contributed by atoms with Crippen LogP contribution in [-0.4, -0.2) is 10.1 Å². The summed E-state index contributed by atoms with van der Waals surface area (Å²) < 4.78 is 14.8. The van der Waals surface area contributed by atoms with Crippen molar-refractivity contribution in [2.75, 3.05) is 0 Å². The molecule has 3 heteroatoms. The highest BCUT2D eigenvalue weighted by Crippen LogP contribution is 2.49. The van der Waals surface area contributed by atoms with Crippen molar-refractivity contribution in [3.05, 3.63) is 59.7 Å². The number of aromatic hydroxyl groups is 1. The lowest BCUT2D eigenvalue weighted by Gasteiger charge is -2.42. The molecule has 0 atom stereocenters. The lowest BCUT2D eigenvalue weighted by Crippen LogP contribution is -2.33. The Kier molecular flexibility index (Phi) is 3.62. The van der Waals surface area contributed by atoms with Gasteiger partial charge in [-0.05, 0) is 70.5 Å². The summed E-state index contributed by atoms with van der Waals surface area (Å²) >= 11 is 0. The number of benzene rings is 2. The third-order valence-electron chi connectivity index (χ3n) is 5.99. The van der Waals surface area contributed by atoms with Crippen molar-refractivity contribution in [3.8, 4) is 16.9 Å². The molecule has 0 saturated heterocycles. The highest BCUT2D eigenvalue weighted by molar-refractivity contribution is 5.88. The van der Waals surface area contributed by atoms with Crippen molar-refractivity contribution in [3.63, 3.8) is 0 Å². The molecule has 1 aliphatic carbocycles. The summed E-state index contributed by atoms with van der Waals surface area (Å²) in [6, 6.07) is 9.00. The molecule has 1 heterocycles. The van der Waals surface area contributed by atoms with Gasteiger partial charge < -0.3 is 5.11 Å². The SMILES string of the molecule is CC1(C)CCC(C)(C)c2cc(-c3cc4ccncc4cc3F)c(O)cc21. The lowest BCUT2D eigenvalue weighted by molar-refractivity contribution is 0.330. The number of aromatic nitrogens is 1. The van der Waals surface area contributed by atoms with Crippen LogP contribution in [0.15, 0.2) is 42.7 Å². The molecule has 0 radical (unpaired) electrons. The van der Waals surface area contributed by atoms with Gasteiger partial charge in [-0.2, -0.15) is 0 Å². The first-order valence-corrected chi connectivity index (χ1v) is 9.11. The molecular weight excluding hydrogens is 325 g/mol. The fraction of sp³-hybridized carbons (Fsp3) is 0.348. The molecular formula is C23H24FNO. The van der Waals surface area contributed by atoms with Gasteiger partial charge in [0.05, 0.1) is 0 Å². The van der Waals surface area contributed by atoms with Gasteiger partial charge in [-0.25, -0.2) is 4.39 Å². The fourth-order valence-corrected chi connectivity index (χ4v) is 4.13. The van der Waals surface area contributed by atoms with Gasteiger partial charge in [-0.3, -0.25) is 4.98 Å². The largest absolute Gasteiger partial charge is 0.507 e. The quantitative estimate of drug-likeness (QED) is 0.576. The van der Waals surface area contributed by atoms with E-state index >= 15 is 0 Å². The molecule has 0 aliphatic heterocycles. The van der Waals surface area contributed by atoms with Crippen LogP contribution in [0.2, 0.25) is 0 Å². The van der Waals surface area contributed by atoms with E-state index in [-0.39, 0.29) is 22.4 Å². The predicted molar refractivity (Wildman–Crippen MR) is 104 cm³/mol. The minimum absolute atomic E-state index is 0.00451. The average Bonchev–Trinajstić information content (AvgIpc) is 2.58. The summed E-state index contributed by atoms with van der Waals surface area (Å²) in [4.78, 5) is 4.05. The van der Waals surface area contributed by atoms with E-state index in [9.17, 15) is 9.50 Å². The molecule has 0 fully saturated rings. The Morgan fingerprint density at radius 1 is 0.885 bits per heavy atom. The number of nitrogens with zero attached hydrogens (tertiary/aromatic N) is 1. The van der Waals surface area contributed by atoms with Crippen molar-refractivity contribution in [2.24, 2.45) is 0 Å². The van der Waals surface area contributed by atoms with Crippen LogP contribution >= 0.6 is 0 Å². The minimum atomic E-state index is -0.339. The number of hydrogen-bond donors (Lipinski definition) is 1. The molecule has 0 saturated carbocycles. The highest BCUT2D eigenvalue weighted by Gasteiger charge is 2.38. The number of hydrogen-bond acceptors (Lipinski definition) is 2. The number of fused-ring (bicyclic) bond motifs is 2. The maximum absolute atomic E-state index is 14.8. The summed E-state index contributed by atoms with van der Waals surface area (Å²) in [6.45, 7) is 8.88. The highest BCUT2D eigenvalue weighted by atomic mass is 19.1. The Bertz CT molecular complexity index is 1020. The Labute approximate surface area is 153 Å². The second-order valence-electron chi connectivity index (χ2n) is 8.74. The number of rotatable bonds is 1. The zero-order valence-electron chi connectivity index (χ0n) is 15.7. The third kappa shape index (κ3) is 2.57. The third-order valence-corrected chi connectivity index (χ3v) is 5.99. The van der Waals surface area contributed by atoms with Crippen LogP contribution in [0.3, 0.4) is 0 Å². The smallest absolute Gasteiger partial charge is 0.131 e. The summed E-state index contributed by atoms with van der Waals surface area (Å²) in [7, 11) is 0. The molecule has 0 spiro atoms. The molecule has 1 aliphatic rings. The molecule has 26 heavy (non-hydrogen) atoms. The van der Waals surface area contributed by atoms with Crippen LogP contribution in [0.4, 0.5) is 4.39 Å². The summed E-state index contributed by atoms with van der Waals surface area (Å²) in [5.74, 6) is -0.199. The average molecular weight is 349 g/mol. The Morgan fingerprint density at radius 3 is 2.23 bits per heavy atom.